The van der Waals surface area contributed by atoms with E-state index in [1.807, 2.05) is 27.7 Å². The van der Waals surface area contributed by atoms with Gasteiger partial charge in [-0.3, -0.25) is 4.79 Å². The Morgan fingerprint density at radius 2 is 2.20 bits per heavy atom. The average molecular weight is 213 g/mol. The summed E-state index contributed by atoms with van der Waals surface area (Å²) in [5.74, 6) is -0.629. The molecule has 4 nitrogen and oxygen atoms in total. The number of rotatable bonds is 5. The SMILES string of the molecule is CC(C)CON=C[C@H]1[C@@H](C(=O)O)C1(C)C. The molecule has 86 valence electrons. The van der Waals surface area contributed by atoms with Crippen LogP contribution in [0.3, 0.4) is 0 Å². The van der Waals surface area contributed by atoms with E-state index in [0.717, 1.165) is 0 Å². The van der Waals surface area contributed by atoms with Gasteiger partial charge < -0.3 is 9.94 Å². The molecule has 1 saturated carbocycles. The first-order chi connectivity index (χ1) is 6.87. The summed E-state index contributed by atoms with van der Waals surface area (Å²) in [6, 6.07) is 0. The number of nitrogens with zero attached hydrogens (tertiary/aromatic N) is 1. The second-order valence-corrected chi connectivity index (χ2v) is 5.11. The largest absolute Gasteiger partial charge is 0.481 e. The molecule has 4 heteroatoms. The monoisotopic (exact) mass is 213 g/mol. The van der Waals surface area contributed by atoms with Crippen LogP contribution >= 0.6 is 0 Å². The lowest BCUT2D eigenvalue weighted by molar-refractivity contribution is -0.139. The van der Waals surface area contributed by atoms with Crippen molar-refractivity contribution in [2.45, 2.75) is 27.7 Å². The van der Waals surface area contributed by atoms with E-state index >= 15 is 0 Å². The third-order valence-electron chi connectivity index (χ3n) is 2.88. The zero-order chi connectivity index (χ0) is 11.6. The normalized spacial score (nSPS) is 28.3. The highest BCUT2D eigenvalue weighted by molar-refractivity contribution is 5.84. The Kier molecular flexibility index (Phi) is 3.37. The van der Waals surface area contributed by atoms with Crippen LogP contribution in [-0.2, 0) is 9.63 Å². The van der Waals surface area contributed by atoms with E-state index in [9.17, 15) is 4.79 Å². The summed E-state index contributed by atoms with van der Waals surface area (Å²) >= 11 is 0. The Morgan fingerprint density at radius 3 is 2.60 bits per heavy atom. The lowest BCUT2D eigenvalue weighted by Crippen LogP contribution is -2.03. The van der Waals surface area contributed by atoms with E-state index in [1.165, 1.54) is 0 Å². The van der Waals surface area contributed by atoms with Crippen LogP contribution < -0.4 is 0 Å². The minimum atomic E-state index is -0.750. The zero-order valence-corrected chi connectivity index (χ0v) is 9.73. The highest BCUT2D eigenvalue weighted by atomic mass is 16.6. The van der Waals surface area contributed by atoms with Gasteiger partial charge in [-0.2, -0.15) is 0 Å². The average Bonchev–Trinajstić information content (AvgIpc) is 2.62. The zero-order valence-electron chi connectivity index (χ0n) is 9.73. The predicted octanol–water partition coefficient (Wildman–Crippen LogP) is 2.00. The van der Waals surface area contributed by atoms with Gasteiger partial charge in [-0.15, -0.1) is 0 Å². The molecule has 0 unspecified atom stereocenters. The molecule has 0 saturated heterocycles. The van der Waals surface area contributed by atoms with Crippen molar-refractivity contribution in [3.8, 4) is 0 Å². The minimum Gasteiger partial charge on any atom is -0.481 e. The van der Waals surface area contributed by atoms with Crippen LogP contribution in [0.2, 0.25) is 0 Å². The van der Waals surface area contributed by atoms with Crippen molar-refractivity contribution < 1.29 is 14.7 Å². The van der Waals surface area contributed by atoms with Crippen LogP contribution in [0.15, 0.2) is 5.16 Å². The Morgan fingerprint density at radius 1 is 1.60 bits per heavy atom. The third kappa shape index (κ3) is 2.70. The Balaban J connectivity index is 2.38. The van der Waals surface area contributed by atoms with Crippen LogP contribution in [0.1, 0.15) is 27.7 Å². The van der Waals surface area contributed by atoms with Crippen molar-refractivity contribution in [1.29, 1.82) is 0 Å². The summed E-state index contributed by atoms with van der Waals surface area (Å²) < 4.78 is 0. The molecule has 1 N–H and O–H groups in total. The lowest BCUT2D eigenvalue weighted by atomic mass is 10.1. The summed E-state index contributed by atoms with van der Waals surface area (Å²) in [5, 5.41) is 12.7. The second kappa shape index (κ2) is 4.21. The fourth-order valence-corrected chi connectivity index (χ4v) is 1.73. The fourth-order valence-electron chi connectivity index (χ4n) is 1.73. The lowest BCUT2D eigenvalue weighted by Gasteiger charge is -2.01. The van der Waals surface area contributed by atoms with Gasteiger partial charge in [0.15, 0.2) is 0 Å². The molecule has 0 aromatic heterocycles. The molecular weight excluding hydrogens is 194 g/mol. The van der Waals surface area contributed by atoms with E-state index in [0.29, 0.717) is 12.5 Å². The van der Waals surface area contributed by atoms with E-state index in [2.05, 4.69) is 5.16 Å². The molecule has 0 aromatic carbocycles. The highest BCUT2D eigenvalue weighted by Gasteiger charge is 2.61. The maximum Gasteiger partial charge on any atom is 0.307 e. The summed E-state index contributed by atoms with van der Waals surface area (Å²) in [5.41, 5.74) is -0.184. The smallest absolute Gasteiger partial charge is 0.307 e. The highest BCUT2D eigenvalue weighted by Crippen LogP contribution is 2.57. The van der Waals surface area contributed by atoms with Gasteiger partial charge in [-0.1, -0.05) is 32.9 Å². The molecule has 0 aromatic rings. The topological polar surface area (TPSA) is 58.9 Å². The van der Waals surface area contributed by atoms with Crippen LogP contribution in [0.25, 0.3) is 0 Å². The van der Waals surface area contributed by atoms with E-state index in [4.69, 9.17) is 9.94 Å². The maximum absolute atomic E-state index is 10.8. The molecule has 1 fully saturated rings. The van der Waals surface area contributed by atoms with Crippen LogP contribution in [0.4, 0.5) is 0 Å². The second-order valence-electron chi connectivity index (χ2n) is 5.11. The first-order valence-electron chi connectivity index (χ1n) is 5.25. The number of hydrogen-bond donors (Lipinski definition) is 1. The van der Waals surface area contributed by atoms with Crippen molar-refractivity contribution in [2.24, 2.45) is 28.3 Å². The summed E-state index contributed by atoms with van der Waals surface area (Å²) in [4.78, 5) is 15.9. The molecule has 1 aliphatic rings. The van der Waals surface area contributed by atoms with Crippen LogP contribution in [0.5, 0.6) is 0 Å². The van der Waals surface area contributed by atoms with Crippen molar-refractivity contribution >= 4 is 12.2 Å². The van der Waals surface area contributed by atoms with Gasteiger partial charge in [0, 0.05) is 12.1 Å². The molecule has 0 spiro atoms. The predicted molar refractivity (Wildman–Crippen MR) is 57.7 cm³/mol. The molecule has 0 heterocycles. The van der Waals surface area contributed by atoms with Gasteiger partial charge in [0.25, 0.3) is 0 Å². The first-order valence-corrected chi connectivity index (χ1v) is 5.25. The molecule has 1 aliphatic carbocycles. The maximum atomic E-state index is 10.8. The first kappa shape index (κ1) is 12.0. The van der Waals surface area contributed by atoms with Crippen LogP contribution in [-0.4, -0.2) is 23.9 Å². The van der Waals surface area contributed by atoms with Gasteiger partial charge in [-0.25, -0.2) is 0 Å². The molecule has 0 bridgehead atoms. The van der Waals surface area contributed by atoms with Gasteiger partial charge in [0.2, 0.25) is 0 Å². The Labute approximate surface area is 90.3 Å². The molecule has 0 amide bonds. The summed E-state index contributed by atoms with van der Waals surface area (Å²) in [7, 11) is 0. The van der Waals surface area contributed by atoms with Gasteiger partial charge in [0.05, 0.1) is 5.92 Å². The molecular formula is C11H19NO3. The van der Waals surface area contributed by atoms with Gasteiger partial charge in [0.1, 0.15) is 6.61 Å². The van der Waals surface area contributed by atoms with Crippen molar-refractivity contribution in [1.82, 2.24) is 0 Å². The van der Waals surface area contributed by atoms with Crippen molar-refractivity contribution in [3.05, 3.63) is 0 Å². The van der Waals surface area contributed by atoms with E-state index < -0.39 is 5.97 Å². The molecule has 15 heavy (non-hydrogen) atoms. The molecule has 1 rings (SSSR count). The summed E-state index contributed by atoms with van der Waals surface area (Å²) in [6.45, 7) is 8.52. The molecule has 0 radical (unpaired) electrons. The van der Waals surface area contributed by atoms with Gasteiger partial charge in [-0.05, 0) is 11.3 Å². The van der Waals surface area contributed by atoms with Crippen LogP contribution in [0, 0.1) is 23.2 Å². The molecule has 0 aliphatic heterocycles. The summed E-state index contributed by atoms with van der Waals surface area (Å²) in [6.07, 6.45) is 1.63. The quantitative estimate of drug-likeness (QED) is 0.561. The van der Waals surface area contributed by atoms with E-state index in [1.54, 1.807) is 6.21 Å². The number of oxime groups is 1. The fraction of sp³-hybridized carbons (Fsp3) is 0.818. The van der Waals surface area contributed by atoms with Gasteiger partial charge >= 0.3 is 5.97 Å². The number of carbonyl (C=O) groups is 1. The van der Waals surface area contributed by atoms with Crippen molar-refractivity contribution in [2.75, 3.05) is 6.61 Å². The third-order valence-corrected chi connectivity index (χ3v) is 2.88. The Hall–Kier alpha value is -1.06. The van der Waals surface area contributed by atoms with Crippen molar-refractivity contribution in [3.63, 3.8) is 0 Å². The number of carboxylic acid groups (broad SMARTS) is 1. The number of carboxylic acids is 1. The Bertz CT molecular complexity index is 271. The number of hydrogen-bond acceptors (Lipinski definition) is 3. The number of aliphatic carboxylic acids is 1. The minimum absolute atomic E-state index is 0.00200. The van der Waals surface area contributed by atoms with E-state index in [-0.39, 0.29) is 17.3 Å². The standard InChI is InChI=1S/C11H19NO3/c1-7(2)6-15-12-5-8-9(10(13)14)11(8,3)4/h5,7-9H,6H2,1-4H3,(H,13,14)/t8-,9-/m0/s1. The molecule has 2 atom stereocenters.